The van der Waals surface area contributed by atoms with Crippen molar-refractivity contribution >= 4 is 41.6 Å². The molecule has 1 aromatic heterocycles. The summed E-state index contributed by atoms with van der Waals surface area (Å²) >= 11 is 3.18. The molecule has 0 bridgehead atoms. The Morgan fingerprint density at radius 3 is 2.76 bits per heavy atom. The van der Waals surface area contributed by atoms with Crippen LogP contribution in [0.15, 0.2) is 21.6 Å². The number of rotatable bonds is 5. The van der Waals surface area contributed by atoms with Gasteiger partial charge in [-0.1, -0.05) is 0 Å². The molecule has 10 heteroatoms. The number of hydrogen-bond acceptors (Lipinski definition) is 6. The van der Waals surface area contributed by atoms with Gasteiger partial charge in [0.25, 0.3) is 0 Å². The number of sulfone groups is 1. The lowest BCUT2D eigenvalue weighted by molar-refractivity contribution is 0.571. The largest absolute Gasteiger partial charge is 0.372 e. The van der Waals surface area contributed by atoms with Crippen molar-refractivity contribution in [1.29, 1.82) is 0 Å². The van der Waals surface area contributed by atoms with Crippen LogP contribution in [0.3, 0.4) is 0 Å². The van der Waals surface area contributed by atoms with Crippen molar-refractivity contribution in [2.24, 2.45) is 0 Å². The van der Waals surface area contributed by atoms with E-state index < -0.39 is 25.1 Å². The fourth-order valence-corrected chi connectivity index (χ4v) is 5.80. The molecular formula is C11H16BrN3O4S2. The lowest BCUT2D eigenvalue weighted by Crippen LogP contribution is -2.35. The third-order valence-corrected chi connectivity index (χ3v) is 7.46. The minimum absolute atomic E-state index is 0.0187. The Hall–Kier alpha value is -0.710. The number of aromatic nitrogens is 1. The molecule has 1 fully saturated rings. The van der Waals surface area contributed by atoms with Gasteiger partial charge in [-0.15, -0.1) is 0 Å². The summed E-state index contributed by atoms with van der Waals surface area (Å²) in [4.78, 5) is 3.96. The molecule has 118 valence electrons. The van der Waals surface area contributed by atoms with E-state index in [0.29, 0.717) is 17.3 Å². The first-order chi connectivity index (χ1) is 9.76. The Labute approximate surface area is 132 Å². The molecule has 1 atom stereocenters. The number of sulfonamides is 1. The summed E-state index contributed by atoms with van der Waals surface area (Å²) in [5, 5.41) is 2.06. The maximum atomic E-state index is 12.3. The summed E-state index contributed by atoms with van der Waals surface area (Å²) in [7, 11) is -5.45. The molecule has 2 heterocycles. The lowest BCUT2D eigenvalue weighted by atomic mass is 10.2. The zero-order valence-corrected chi connectivity index (χ0v) is 14.6. The standard InChI is InChI=1S/C11H16BrN3O4S2/c1-13-11-10(5-8(12)6-14-11)21(18,19)15-7-9-3-2-4-20(9,16)17/h5-6,9,15H,2-4,7H2,1H3,(H,13,14). The summed E-state index contributed by atoms with van der Waals surface area (Å²) in [5.74, 6) is 0.333. The first-order valence-electron chi connectivity index (χ1n) is 6.31. The van der Waals surface area contributed by atoms with Crippen molar-refractivity contribution < 1.29 is 16.8 Å². The van der Waals surface area contributed by atoms with Crippen molar-refractivity contribution in [3.63, 3.8) is 0 Å². The van der Waals surface area contributed by atoms with E-state index in [1.165, 1.54) is 12.3 Å². The number of pyridine rings is 1. The molecular weight excluding hydrogens is 382 g/mol. The van der Waals surface area contributed by atoms with Crippen LogP contribution in [0.1, 0.15) is 12.8 Å². The van der Waals surface area contributed by atoms with E-state index in [1.807, 2.05) is 0 Å². The van der Waals surface area contributed by atoms with Crippen LogP contribution in [0.2, 0.25) is 0 Å². The van der Waals surface area contributed by atoms with E-state index in [-0.39, 0.29) is 23.0 Å². The van der Waals surface area contributed by atoms with Gasteiger partial charge in [-0.05, 0) is 34.8 Å². The van der Waals surface area contributed by atoms with Crippen LogP contribution in [0.25, 0.3) is 0 Å². The zero-order chi connectivity index (χ0) is 15.7. The monoisotopic (exact) mass is 397 g/mol. The molecule has 0 aromatic carbocycles. The minimum Gasteiger partial charge on any atom is -0.372 e. The van der Waals surface area contributed by atoms with Gasteiger partial charge < -0.3 is 5.32 Å². The smallest absolute Gasteiger partial charge is 0.244 e. The zero-order valence-electron chi connectivity index (χ0n) is 11.3. The van der Waals surface area contributed by atoms with Gasteiger partial charge in [0.2, 0.25) is 10.0 Å². The van der Waals surface area contributed by atoms with Crippen LogP contribution in [0.4, 0.5) is 5.82 Å². The molecule has 0 amide bonds. The van der Waals surface area contributed by atoms with Gasteiger partial charge in [-0.25, -0.2) is 26.5 Å². The molecule has 0 saturated carbocycles. The van der Waals surface area contributed by atoms with E-state index in [2.05, 4.69) is 31.0 Å². The molecule has 1 saturated heterocycles. The number of halogens is 1. The highest BCUT2D eigenvalue weighted by atomic mass is 79.9. The van der Waals surface area contributed by atoms with E-state index in [4.69, 9.17) is 0 Å². The minimum atomic E-state index is -3.83. The van der Waals surface area contributed by atoms with Crippen LogP contribution in [-0.2, 0) is 19.9 Å². The second kappa shape index (κ2) is 6.19. The Bertz CT molecular complexity index is 734. The van der Waals surface area contributed by atoms with E-state index in [9.17, 15) is 16.8 Å². The van der Waals surface area contributed by atoms with Crippen LogP contribution >= 0.6 is 15.9 Å². The van der Waals surface area contributed by atoms with E-state index in [0.717, 1.165) is 0 Å². The summed E-state index contributed by atoms with van der Waals surface area (Å²) < 4.78 is 51.0. The maximum Gasteiger partial charge on any atom is 0.244 e. The average Bonchev–Trinajstić information content (AvgIpc) is 2.75. The predicted molar refractivity (Wildman–Crippen MR) is 83.5 cm³/mol. The molecule has 0 aliphatic carbocycles. The topological polar surface area (TPSA) is 105 Å². The number of anilines is 1. The Morgan fingerprint density at radius 2 is 2.19 bits per heavy atom. The normalized spacial score (nSPS) is 21.3. The molecule has 1 aromatic rings. The Morgan fingerprint density at radius 1 is 1.48 bits per heavy atom. The number of nitrogens with one attached hydrogen (secondary N) is 2. The molecule has 1 unspecified atom stereocenters. The molecule has 0 spiro atoms. The molecule has 2 N–H and O–H groups in total. The SMILES string of the molecule is CNc1ncc(Br)cc1S(=O)(=O)NCC1CCCS1(=O)=O. The van der Waals surface area contributed by atoms with Gasteiger partial charge in [0.1, 0.15) is 10.7 Å². The molecule has 21 heavy (non-hydrogen) atoms. The fourth-order valence-electron chi connectivity index (χ4n) is 2.18. The number of hydrogen-bond donors (Lipinski definition) is 2. The summed E-state index contributed by atoms with van der Waals surface area (Å²) in [5.41, 5.74) is 0. The van der Waals surface area contributed by atoms with Crippen LogP contribution in [-0.4, -0.2) is 46.4 Å². The van der Waals surface area contributed by atoms with Crippen molar-refractivity contribution in [3.8, 4) is 0 Å². The highest BCUT2D eigenvalue weighted by molar-refractivity contribution is 9.10. The van der Waals surface area contributed by atoms with Crippen molar-refractivity contribution in [2.75, 3.05) is 24.7 Å². The van der Waals surface area contributed by atoms with Crippen LogP contribution in [0.5, 0.6) is 0 Å². The van der Waals surface area contributed by atoms with Gasteiger partial charge >= 0.3 is 0 Å². The third-order valence-electron chi connectivity index (χ3n) is 3.31. The molecule has 0 radical (unpaired) electrons. The van der Waals surface area contributed by atoms with Crippen LogP contribution in [0, 0.1) is 0 Å². The first kappa shape index (κ1) is 16.7. The Balaban J connectivity index is 2.21. The van der Waals surface area contributed by atoms with Gasteiger partial charge in [0.15, 0.2) is 9.84 Å². The summed E-state index contributed by atoms with van der Waals surface area (Å²) in [6.45, 7) is -0.111. The second-order valence-electron chi connectivity index (χ2n) is 4.73. The van der Waals surface area contributed by atoms with Gasteiger partial charge in [0.05, 0.1) is 11.0 Å². The van der Waals surface area contributed by atoms with Crippen molar-refractivity contribution in [2.45, 2.75) is 23.0 Å². The highest BCUT2D eigenvalue weighted by Crippen LogP contribution is 2.24. The van der Waals surface area contributed by atoms with Crippen LogP contribution < -0.4 is 10.0 Å². The summed E-state index contributed by atoms with van der Waals surface area (Å²) in [6.07, 6.45) is 2.54. The lowest BCUT2D eigenvalue weighted by Gasteiger charge is -2.13. The molecule has 1 aliphatic heterocycles. The van der Waals surface area contributed by atoms with Crippen molar-refractivity contribution in [1.82, 2.24) is 9.71 Å². The first-order valence-corrected chi connectivity index (χ1v) is 10.3. The predicted octanol–water partition coefficient (Wildman–Crippen LogP) is 0.741. The Kier molecular flexibility index (Phi) is 4.91. The summed E-state index contributed by atoms with van der Waals surface area (Å²) in [6, 6.07) is 1.42. The maximum absolute atomic E-state index is 12.3. The highest BCUT2D eigenvalue weighted by Gasteiger charge is 2.32. The molecule has 2 rings (SSSR count). The average molecular weight is 398 g/mol. The number of nitrogens with zero attached hydrogens (tertiary/aromatic N) is 1. The quantitative estimate of drug-likeness (QED) is 0.758. The molecule has 7 nitrogen and oxygen atoms in total. The second-order valence-corrected chi connectivity index (χ2v) is 9.79. The van der Waals surface area contributed by atoms with E-state index in [1.54, 1.807) is 7.05 Å². The fraction of sp³-hybridized carbons (Fsp3) is 0.545. The molecule has 1 aliphatic rings. The van der Waals surface area contributed by atoms with Crippen molar-refractivity contribution in [3.05, 3.63) is 16.7 Å². The van der Waals surface area contributed by atoms with E-state index >= 15 is 0 Å². The van der Waals surface area contributed by atoms with Gasteiger partial charge in [-0.3, -0.25) is 0 Å². The third kappa shape index (κ3) is 3.74. The van der Waals surface area contributed by atoms with Gasteiger partial charge in [0, 0.05) is 24.3 Å². The van der Waals surface area contributed by atoms with Gasteiger partial charge in [-0.2, -0.15) is 0 Å².